The maximum absolute atomic E-state index is 12.6. The molecule has 0 spiro atoms. The van der Waals surface area contributed by atoms with Gasteiger partial charge in [0, 0.05) is 29.6 Å². The van der Waals surface area contributed by atoms with Gasteiger partial charge in [0.15, 0.2) is 0 Å². The van der Waals surface area contributed by atoms with Crippen LogP contribution in [0.15, 0.2) is 29.2 Å². The van der Waals surface area contributed by atoms with Gasteiger partial charge in [0.25, 0.3) is 5.91 Å². The van der Waals surface area contributed by atoms with Crippen LogP contribution in [0.25, 0.3) is 0 Å². The van der Waals surface area contributed by atoms with Gasteiger partial charge in [0.05, 0.1) is 0 Å². The van der Waals surface area contributed by atoms with Gasteiger partial charge in [0.2, 0.25) is 0 Å². The van der Waals surface area contributed by atoms with Crippen LogP contribution < -0.4 is 5.32 Å². The molecule has 1 unspecified atom stereocenters. The van der Waals surface area contributed by atoms with Crippen molar-refractivity contribution >= 4 is 17.7 Å². The molecule has 1 atom stereocenters. The molecule has 116 valence electrons. The van der Waals surface area contributed by atoms with Crippen LogP contribution in [-0.4, -0.2) is 42.7 Å². The number of carbonyl (C=O) groups excluding carboxylic acids is 1. The molecule has 2 rings (SSSR count). The summed E-state index contributed by atoms with van der Waals surface area (Å²) in [6.07, 6.45) is 4.38. The predicted octanol–water partition coefficient (Wildman–Crippen LogP) is 3.26. The van der Waals surface area contributed by atoms with E-state index in [1.807, 2.05) is 35.4 Å². The molecule has 0 bridgehead atoms. The van der Waals surface area contributed by atoms with E-state index in [4.69, 9.17) is 0 Å². The first-order valence-electron chi connectivity index (χ1n) is 7.77. The monoisotopic (exact) mass is 306 g/mol. The summed E-state index contributed by atoms with van der Waals surface area (Å²) >= 11 is 1.70. The van der Waals surface area contributed by atoms with Gasteiger partial charge in [-0.2, -0.15) is 0 Å². The van der Waals surface area contributed by atoms with Crippen molar-refractivity contribution in [2.45, 2.75) is 37.6 Å². The zero-order valence-electron chi connectivity index (χ0n) is 13.3. The molecule has 1 fully saturated rings. The molecule has 4 heteroatoms. The number of carbonyl (C=O) groups is 1. The number of thioether (sulfide) groups is 1. The minimum Gasteiger partial charge on any atom is -0.338 e. The Bertz CT molecular complexity index is 458. The number of rotatable bonds is 5. The fourth-order valence-corrected chi connectivity index (χ4v) is 3.14. The third kappa shape index (κ3) is 4.75. The summed E-state index contributed by atoms with van der Waals surface area (Å²) in [5.41, 5.74) is 0.810. The average molecular weight is 306 g/mol. The molecule has 1 aromatic rings. The van der Waals surface area contributed by atoms with Crippen LogP contribution in [0.1, 0.15) is 37.0 Å². The first-order chi connectivity index (χ1) is 10.1. The second kappa shape index (κ2) is 7.85. The Labute approximate surface area is 132 Å². The van der Waals surface area contributed by atoms with E-state index < -0.39 is 0 Å². The van der Waals surface area contributed by atoms with Crippen LogP contribution >= 0.6 is 11.8 Å². The Hall–Kier alpha value is -1.00. The quantitative estimate of drug-likeness (QED) is 0.848. The number of hydrogen-bond acceptors (Lipinski definition) is 3. The van der Waals surface area contributed by atoms with E-state index in [1.165, 1.54) is 11.3 Å². The van der Waals surface area contributed by atoms with Crippen LogP contribution in [-0.2, 0) is 0 Å². The third-order valence-electron chi connectivity index (χ3n) is 3.96. The molecular weight excluding hydrogens is 280 g/mol. The molecule has 1 amide bonds. The zero-order chi connectivity index (χ0) is 15.2. The van der Waals surface area contributed by atoms with Gasteiger partial charge in [-0.25, -0.2) is 0 Å². The molecule has 21 heavy (non-hydrogen) atoms. The normalized spacial score (nSPS) is 19.0. The molecule has 1 aliphatic rings. The Kier molecular flexibility index (Phi) is 6.12. The summed E-state index contributed by atoms with van der Waals surface area (Å²) in [5.74, 6) is 0.757. The molecule has 0 saturated carbocycles. The molecule has 1 aromatic carbocycles. The maximum atomic E-state index is 12.6. The predicted molar refractivity (Wildman–Crippen MR) is 90.0 cm³/mol. The van der Waals surface area contributed by atoms with Crippen molar-refractivity contribution in [3.8, 4) is 0 Å². The SMILES string of the molecule is CSc1ccc(C(=O)N2CCCC(CNC(C)C)C2)cc1. The van der Waals surface area contributed by atoms with Crippen LogP contribution in [0.5, 0.6) is 0 Å². The number of hydrogen-bond donors (Lipinski definition) is 1. The number of piperidine rings is 1. The lowest BCUT2D eigenvalue weighted by Gasteiger charge is -2.33. The van der Waals surface area contributed by atoms with E-state index in [-0.39, 0.29) is 5.91 Å². The van der Waals surface area contributed by atoms with Crippen molar-refractivity contribution in [3.63, 3.8) is 0 Å². The lowest BCUT2D eigenvalue weighted by Crippen LogP contribution is -2.43. The zero-order valence-corrected chi connectivity index (χ0v) is 14.1. The Balaban J connectivity index is 1.94. The first kappa shape index (κ1) is 16.4. The fraction of sp³-hybridized carbons (Fsp3) is 0.588. The van der Waals surface area contributed by atoms with E-state index in [0.717, 1.165) is 31.6 Å². The highest BCUT2D eigenvalue weighted by Crippen LogP contribution is 2.20. The first-order valence-corrected chi connectivity index (χ1v) is 8.99. The average Bonchev–Trinajstić information content (AvgIpc) is 2.52. The molecule has 0 radical (unpaired) electrons. The number of nitrogens with zero attached hydrogens (tertiary/aromatic N) is 1. The van der Waals surface area contributed by atoms with Gasteiger partial charge in [-0.05, 0) is 55.8 Å². The van der Waals surface area contributed by atoms with Crippen molar-refractivity contribution in [1.29, 1.82) is 0 Å². The second-order valence-corrected chi connectivity index (χ2v) is 6.93. The van der Waals surface area contributed by atoms with Crippen LogP contribution in [0, 0.1) is 5.92 Å². The molecule has 0 aliphatic carbocycles. The summed E-state index contributed by atoms with van der Waals surface area (Å²) in [7, 11) is 0. The van der Waals surface area contributed by atoms with Crippen LogP contribution in [0.2, 0.25) is 0 Å². The summed E-state index contributed by atoms with van der Waals surface area (Å²) < 4.78 is 0. The largest absolute Gasteiger partial charge is 0.338 e. The Morgan fingerprint density at radius 3 is 2.71 bits per heavy atom. The smallest absolute Gasteiger partial charge is 0.253 e. The molecule has 1 aliphatic heterocycles. The summed E-state index contributed by atoms with van der Waals surface area (Å²) in [5, 5.41) is 3.49. The van der Waals surface area contributed by atoms with E-state index in [1.54, 1.807) is 11.8 Å². The molecule has 3 nitrogen and oxygen atoms in total. The van der Waals surface area contributed by atoms with Crippen molar-refractivity contribution < 1.29 is 4.79 Å². The van der Waals surface area contributed by atoms with Gasteiger partial charge < -0.3 is 10.2 Å². The fourth-order valence-electron chi connectivity index (χ4n) is 2.73. The lowest BCUT2D eigenvalue weighted by molar-refractivity contribution is 0.0672. The highest BCUT2D eigenvalue weighted by molar-refractivity contribution is 7.98. The minimum absolute atomic E-state index is 0.178. The number of likely N-dealkylation sites (tertiary alicyclic amines) is 1. The highest BCUT2D eigenvalue weighted by Gasteiger charge is 2.24. The third-order valence-corrected chi connectivity index (χ3v) is 4.70. The lowest BCUT2D eigenvalue weighted by atomic mass is 9.97. The van der Waals surface area contributed by atoms with E-state index in [2.05, 4.69) is 19.2 Å². The van der Waals surface area contributed by atoms with E-state index >= 15 is 0 Å². The van der Waals surface area contributed by atoms with Gasteiger partial charge in [-0.3, -0.25) is 4.79 Å². The van der Waals surface area contributed by atoms with Gasteiger partial charge in [0.1, 0.15) is 0 Å². The maximum Gasteiger partial charge on any atom is 0.253 e. The minimum atomic E-state index is 0.178. The van der Waals surface area contributed by atoms with Gasteiger partial charge in [-0.15, -0.1) is 11.8 Å². The summed E-state index contributed by atoms with van der Waals surface area (Å²) in [6.45, 7) is 7.11. The highest BCUT2D eigenvalue weighted by atomic mass is 32.2. The topological polar surface area (TPSA) is 32.3 Å². The van der Waals surface area contributed by atoms with Crippen molar-refractivity contribution in [2.75, 3.05) is 25.9 Å². The second-order valence-electron chi connectivity index (χ2n) is 6.05. The molecule has 0 aromatic heterocycles. The van der Waals surface area contributed by atoms with Gasteiger partial charge >= 0.3 is 0 Å². The van der Waals surface area contributed by atoms with Crippen LogP contribution in [0.4, 0.5) is 0 Å². The summed E-state index contributed by atoms with van der Waals surface area (Å²) in [4.78, 5) is 15.8. The molecule has 1 saturated heterocycles. The standard InChI is InChI=1S/C17H26N2OS/c1-13(2)18-11-14-5-4-10-19(12-14)17(20)15-6-8-16(21-3)9-7-15/h6-9,13-14,18H,4-5,10-12H2,1-3H3. The molecule has 1 heterocycles. The Morgan fingerprint density at radius 2 is 2.10 bits per heavy atom. The van der Waals surface area contributed by atoms with Crippen molar-refractivity contribution in [2.24, 2.45) is 5.92 Å². The van der Waals surface area contributed by atoms with Crippen molar-refractivity contribution in [3.05, 3.63) is 29.8 Å². The van der Waals surface area contributed by atoms with Crippen molar-refractivity contribution in [1.82, 2.24) is 10.2 Å². The van der Waals surface area contributed by atoms with Crippen LogP contribution in [0.3, 0.4) is 0 Å². The van der Waals surface area contributed by atoms with Gasteiger partial charge in [-0.1, -0.05) is 13.8 Å². The molecule has 1 N–H and O–H groups in total. The van der Waals surface area contributed by atoms with E-state index in [9.17, 15) is 4.79 Å². The number of nitrogens with one attached hydrogen (secondary N) is 1. The number of benzene rings is 1. The Morgan fingerprint density at radius 1 is 1.38 bits per heavy atom. The van der Waals surface area contributed by atoms with E-state index in [0.29, 0.717) is 12.0 Å². The number of amides is 1. The molecular formula is C17H26N2OS. The summed E-state index contributed by atoms with van der Waals surface area (Å²) in [6, 6.07) is 8.46.